The van der Waals surface area contributed by atoms with Crippen LogP contribution in [0.5, 0.6) is 0 Å². The van der Waals surface area contributed by atoms with Crippen molar-refractivity contribution in [2.75, 3.05) is 26.3 Å². The number of benzene rings is 1. The number of carbonyl (C=O) groups is 1. The first kappa shape index (κ1) is 16.9. The Kier molecular flexibility index (Phi) is 5.49. The van der Waals surface area contributed by atoms with Crippen LogP contribution < -0.4 is 5.32 Å². The standard InChI is InChI=1S/C19H25N3O2/c20-15-19(7-3-4-8-19)18(23)21-13-16-5-1-2-6-17(16)14-22-9-11-24-12-10-22/h1-2,5-6H,3-4,7-14H2,(H,21,23). The van der Waals surface area contributed by atoms with Crippen LogP contribution in [0.4, 0.5) is 0 Å². The van der Waals surface area contributed by atoms with Gasteiger partial charge in [-0.2, -0.15) is 5.26 Å². The molecule has 1 amide bonds. The van der Waals surface area contributed by atoms with Crippen molar-refractivity contribution in [1.82, 2.24) is 10.2 Å². The Labute approximate surface area is 143 Å². The molecule has 1 aromatic rings. The molecule has 0 spiro atoms. The topological polar surface area (TPSA) is 65.4 Å². The van der Waals surface area contributed by atoms with Crippen molar-refractivity contribution >= 4 is 5.91 Å². The highest BCUT2D eigenvalue weighted by Crippen LogP contribution is 2.37. The fraction of sp³-hybridized carbons (Fsp3) is 0.579. The molecule has 128 valence electrons. The zero-order chi connectivity index (χ0) is 16.8. The molecule has 5 heteroatoms. The summed E-state index contributed by atoms with van der Waals surface area (Å²) in [5.41, 5.74) is 1.56. The van der Waals surface area contributed by atoms with E-state index >= 15 is 0 Å². The molecule has 1 aromatic carbocycles. The number of rotatable bonds is 5. The molecule has 1 heterocycles. The molecule has 1 saturated carbocycles. The van der Waals surface area contributed by atoms with Gasteiger partial charge in [0.15, 0.2) is 0 Å². The van der Waals surface area contributed by atoms with Crippen molar-refractivity contribution in [3.63, 3.8) is 0 Å². The van der Waals surface area contributed by atoms with Gasteiger partial charge in [0, 0.05) is 26.2 Å². The third-order valence-electron chi connectivity index (χ3n) is 5.16. The van der Waals surface area contributed by atoms with Gasteiger partial charge in [-0.15, -0.1) is 0 Å². The first-order valence-electron chi connectivity index (χ1n) is 8.80. The number of hydrogen-bond donors (Lipinski definition) is 1. The SMILES string of the molecule is N#CC1(C(=O)NCc2ccccc2CN2CCOCC2)CCCC1. The Balaban J connectivity index is 1.62. The van der Waals surface area contributed by atoms with Crippen LogP contribution in [-0.4, -0.2) is 37.1 Å². The van der Waals surface area contributed by atoms with Crippen molar-refractivity contribution in [2.24, 2.45) is 5.41 Å². The van der Waals surface area contributed by atoms with Crippen LogP contribution in [-0.2, 0) is 22.6 Å². The highest BCUT2D eigenvalue weighted by atomic mass is 16.5. The smallest absolute Gasteiger partial charge is 0.240 e. The number of carbonyl (C=O) groups excluding carboxylic acids is 1. The highest BCUT2D eigenvalue weighted by Gasteiger charge is 2.41. The molecule has 2 aliphatic rings. The molecule has 2 fully saturated rings. The maximum absolute atomic E-state index is 12.5. The largest absolute Gasteiger partial charge is 0.379 e. The van der Waals surface area contributed by atoms with Crippen LogP contribution in [0.15, 0.2) is 24.3 Å². The number of morpholine rings is 1. The molecule has 0 atom stereocenters. The summed E-state index contributed by atoms with van der Waals surface area (Å²) >= 11 is 0. The van der Waals surface area contributed by atoms with Gasteiger partial charge >= 0.3 is 0 Å². The average molecular weight is 327 g/mol. The zero-order valence-corrected chi connectivity index (χ0v) is 14.1. The molecule has 0 unspecified atom stereocenters. The monoisotopic (exact) mass is 327 g/mol. The molecule has 5 nitrogen and oxygen atoms in total. The summed E-state index contributed by atoms with van der Waals surface area (Å²) in [7, 11) is 0. The third kappa shape index (κ3) is 3.77. The van der Waals surface area contributed by atoms with E-state index in [-0.39, 0.29) is 5.91 Å². The first-order valence-corrected chi connectivity index (χ1v) is 8.80. The number of hydrogen-bond acceptors (Lipinski definition) is 4. The Hall–Kier alpha value is -1.90. The van der Waals surface area contributed by atoms with E-state index in [1.165, 1.54) is 5.56 Å². The molecular formula is C19H25N3O2. The lowest BCUT2D eigenvalue weighted by atomic mass is 9.87. The van der Waals surface area contributed by atoms with E-state index in [9.17, 15) is 10.1 Å². The normalized spacial score (nSPS) is 20.5. The van der Waals surface area contributed by atoms with E-state index in [2.05, 4.69) is 28.4 Å². The summed E-state index contributed by atoms with van der Waals surface area (Å²) < 4.78 is 5.40. The Morgan fingerprint density at radius 2 is 1.88 bits per heavy atom. The van der Waals surface area contributed by atoms with Gasteiger partial charge in [-0.3, -0.25) is 9.69 Å². The van der Waals surface area contributed by atoms with Gasteiger partial charge in [-0.1, -0.05) is 37.1 Å². The summed E-state index contributed by atoms with van der Waals surface area (Å²) in [6.45, 7) is 4.81. The van der Waals surface area contributed by atoms with Crippen LogP contribution in [0.2, 0.25) is 0 Å². The maximum atomic E-state index is 12.5. The van der Waals surface area contributed by atoms with Crippen LogP contribution in [0.1, 0.15) is 36.8 Å². The molecule has 1 aliphatic heterocycles. The van der Waals surface area contributed by atoms with Crippen LogP contribution in [0, 0.1) is 16.7 Å². The molecule has 1 N–H and O–H groups in total. The van der Waals surface area contributed by atoms with Crippen LogP contribution in [0.25, 0.3) is 0 Å². The number of ether oxygens (including phenoxy) is 1. The molecule has 1 saturated heterocycles. The minimum absolute atomic E-state index is 0.108. The summed E-state index contributed by atoms with van der Waals surface area (Å²) in [6.07, 6.45) is 3.30. The number of nitrogens with one attached hydrogen (secondary N) is 1. The van der Waals surface area contributed by atoms with E-state index in [1.54, 1.807) is 0 Å². The summed E-state index contributed by atoms with van der Waals surface area (Å²) in [5, 5.41) is 12.4. The summed E-state index contributed by atoms with van der Waals surface area (Å²) in [4.78, 5) is 14.9. The minimum Gasteiger partial charge on any atom is -0.379 e. The zero-order valence-electron chi connectivity index (χ0n) is 14.1. The van der Waals surface area contributed by atoms with Gasteiger partial charge in [0.2, 0.25) is 5.91 Å². The van der Waals surface area contributed by atoms with E-state index in [0.29, 0.717) is 19.4 Å². The van der Waals surface area contributed by atoms with E-state index in [4.69, 9.17) is 4.74 Å². The molecule has 0 radical (unpaired) electrons. The fourth-order valence-electron chi connectivity index (χ4n) is 3.60. The predicted octanol–water partition coefficient (Wildman–Crippen LogP) is 2.22. The average Bonchev–Trinajstić information content (AvgIpc) is 3.12. The molecule has 1 aliphatic carbocycles. The highest BCUT2D eigenvalue weighted by molar-refractivity contribution is 5.85. The first-order chi connectivity index (χ1) is 11.7. The molecular weight excluding hydrogens is 302 g/mol. The van der Waals surface area contributed by atoms with Gasteiger partial charge in [0.1, 0.15) is 5.41 Å². The Bertz CT molecular complexity index is 611. The second-order valence-electron chi connectivity index (χ2n) is 6.74. The quantitative estimate of drug-likeness (QED) is 0.900. The Morgan fingerprint density at radius 1 is 1.21 bits per heavy atom. The van der Waals surface area contributed by atoms with Gasteiger partial charge in [-0.05, 0) is 24.0 Å². The van der Waals surface area contributed by atoms with Crippen molar-refractivity contribution in [2.45, 2.75) is 38.8 Å². The number of amides is 1. The third-order valence-corrected chi connectivity index (χ3v) is 5.16. The van der Waals surface area contributed by atoms with Crippen molar-refractivity contribution in [1.29, 1.82) is 5.26 Å². The lowest BCUT2D eigenvalue weighted by Gasteiger charge is -2.27. The van der Waals surface area contributed by atoms with E-state index in [1.807, 2.05) is 12.1 Å². The van der Waals surface area contributed by atoms with Gasteiger partial charge in [0.05, 0.1) is 19.3 Å². The fourth-order valence-corrected chi connectivity index (χ4v) is 3.60. The van der Waals surface area contributed by atoms with E-state index < -0.39 is 5.41 Å². The van der Waals surface area contributed by atoms with Gasteiger partial charge < -0.3 is 10.1 Å². The maximum Gasteiger partial charge on any atom is 0.240 e. The van der Waals surface area contributed by atoms with Gasteiger partial charge in [-0.25, -0.2) is 0 Å². The van der Waals surface area contributed by atoms with Crippen molar-refractivity contribution in [3.8, 4) is 6.07 Å². The Morgan fingerprint density at radius 3 is 2.54 bits per heavy atom. The van der Waals surface area contributed by atoms with Crippen LogP contribution in [0.3, 0.4) is 0 Å². The molecule has 24 heavy (non-hydrogen) atoms. The van der Waals surface area contributed by atoms with Crippen LogP contribution >= 0.6 is 0 Å². The number of nitriles is 1. The lowest BCUT2D eigenvalue weighted by molar-refractivity contribution is -0.128. The predicted molar refractivity (Wildman–Crippen MR) is 90.9 cm³/mol. The molecule has 0 aromatic heterocycles. The minimum atomic E-state index is -0.806. The summed E-state index contributed by atoms with van der Waals surface area (Å²) in [6, 6.07) is 10.5. The second kappa shape index (κ2) is 7.78. The lowest BCUT2D eigenvalue weighted by Crippen LogP contribution is -2.38. The summed E-state index contributed by atoms with van der Waals surface area (Å²) in [5.74, 6) is -0.108. The number of nitrogens with zero attached hydrogens (tertiary/aromatic N) is 2. The van der Waals surface area contributed by atoms with Gasteiger partial charge in [0.25, 0.3) is 0 Å². The molecule has 3 rings (SSSR count). The molecule has 0 bridgehead atoms. The second-order valence-corrected chi connectivity index (χ2v) is 6.74. The van der Waals surface area contributed by atoms with Crippen molar-refractivity contribution < 1.29 is 9.53 Å². The van der Waals surface area contributed by atoms with Crippen molar-refractivity contribution in [3.05, 3.63) is 35.4 Å². The van der Waals surface area contributed by atoms with E-state index in [0.717, 1.165) is 51.3 Å².